The summed E-state index contributed by atoms with van der Waals surface area (Å²) in [5.41, 5.74) is -0.530. The average Bonchev–Trinajstić information content (AvgIpc) is 2.59. The van der Waals surface area contributed by atoms with Crippen molar-refractivity contribution in [3.05, 3.63) is 59.7 Å². The van der Waals surface area contributed by atoms with Crippen LogP contribution in [0.1, 0.15) is 31.9 Å². The lowest BCUT2D eigenvalue weighted by atomic mass is 10.1. The fraction of sp³-hybridized carbons (Fsp3) is 0.381. The van der Waals surface area contributed by atoms with Crippen molar-refractivity contribution in [3.8, 4) is 5.75 Å². The summed E-state index contributed by atoms with van der Waals surface area (Å²) in [5, 5.41) is 2.29. The van der Waals surface area contributed by atoms with E-state index in [2.05, 4.69) is 26.1 Å². The summed E-state index contributed by atoms with van der Waals surface area (Å²) in [4.78, 5) is 12.1. The van der Waals surface area contributed by atoms with Gasteiger partial charge in [0.1, 0.15) is 5.75 Å². The number of amides is 1. The van der Waals surface area contributed by atoms with Crippen LogP contribution in [0.25, 0.3) is 0 Å². The van der Waals surface area contributed by atoms with Crippen LogP contribution in [-0.2, 0) is 17.2 Å². The van der Waals surface area contributed by atoms with Gasteiger partial charge in [-0.3, -0.25) is 5.32 Å². The Bertz CT molecular complexity index is 846. The van der Waals surface area contributed by atoms with Crippen LogP contribution in [0.5, 0.6) is 5.75 Å². The molecule has 0 radical (unpaired) electrons. The Morgan fingerprint density at radius 1 is 1.03 bits per heavy atom. The smallest absolute Gasteiger partial charge is 0.413 e. The molecule has 0 fully saturated rings. The largest absolute Gasteiger partial charge is 0.417 e. The van der Waals surface area contributed by atoms with Gasteiger partial charge in [0, 0.05) is 5.69 Å². The van der Waals surface area contributed by atoms with Crippen molar-refractivity contribution in [2.75, 3.05) is 5.32 Å². The molecule has 0 aliphatic heterocycles. The predicted molar refractivity (Wildman–Crippen MR) is 110 cm³/mol. The van der Waals surface area contributed by atoms with Crippen molar-refractivity contribution >= 4 is 20.1 Å². The van der Waals surface area contributed by atoms with Crippen molar-refractivity contribution in [2.45, 2.75) is 51.7 Å². The summed E-state index contributed by atoms with van der Waals surface area (Å²) in [6.45, 7) is 10.2. The highest BCUT2D eigenvalue weighted by Gasteiger charge is 2.37. The Morgan fingerprint density at radius 2 is 1.66 bits per heavy atom. The highest BCUT2D eigenvalue weighted by molar-refractivity contribution is 6.74. The monoisotopic (exact) mass is 425 g/mol. The summed E-state index contributed by atoms with van der Waals surface area (Å²) in [6.07, 6.45) is -5.42. The van der Waals surface area contributed by atoms with Crippen molar-refractivity contribution in [1.82, 2.24) is 0 Å². The molecule has 0 aliphatic carbocycles. The van der Waals surface area contributed by atoms with Crippen LogP contribution in [0.15, 0.2) is 48.5 Å². The van der Waals surface area contributed by atoms with E-state index in [1.807, 2.05) is 13.1 Å². The van der Waals surface area contributed by atoms with Gasteiger partial charge < -0.3 is 9.16 Å². The first-order valence-electron chi connectivity index (χ1n) is 9.17. The Kier molecular flexibility index (Phi) is 6.80. The molecule has 2 aromatic rings. The van der Waals surface area contributed by atoms with Gasteiger partial charge in [0.2, 0.25) is 0 Å². The minimum Gasteiger partial charge on any atom is -0.413 e. The number of anilines is 1. The number of ether oxygens (including phenoxy) is 1. The molecule has 4 nitrogen and oxygen atoms in total. The first-order chi connectivity index (χ1) is 13.3. The summed E-state index contributed by atoms with van der Waals surface area (Å²) in [6, 6.07) is 11.7. The normalized spacial score (nSPS) is 12.6. The van der Waals surface area contributed by atoms with Crippen LogP contribution in [-0.4, -0.2) is 14.4 Å². The second kappa shape index (κ2) is 8.58. The van der Waals surface area contributed by atoms with Crippen LogP contribution in [0.2, 0.25) is 18.1 Å². The molecule has 0 aromatic heterocycles. The van der Waals surface area contributed by atoms with Gasteiger partial charge in [-0.1, -0.05) is 39.0 Å². The summed E-state index contributed by atoms with van der Waals surface area (Å²) < 4.78 is 51.1. The first kappa shape index (κ1) is 23.0. The van der Waals surface area contributed by atoms with Crippen LogP contribution < -0.4 is 10.1 Å². The molecule has 0 saturated carbocycles. The van der Waals surface area contributed by atoms with E-state index in [1.54, 1.807) is 30.3 Å². The Morgan fingerprint density at radius 3 is 2.21 bits per heavy atom. The highest BCUT2D eigenvalue weighted by Crippen LogP contribution is 2.38. The molecule has 1 N–H and O–H groups in total. The molecule has 2 rings (SSSR count). The molecule has 0 spiro atoms. The van der Waals surface area contributed by atoms with Crippen molar-refractivity contribution in [1.29, 1.82) is 0 Å². The summed E-state index contributed by atoms with van der Waals surface area (Å²) in [7, 11) is -2.14. The number of hydrogen-bond acceptors (Lipinski definition) is 3. The van der Waals surface area contributed by atoms with Crippen LogP contribution >= 0.6 is 0 Å². The first-order valence-corrected chi connectivity index (χ1v) is 12.1. The molecule has 158 valence electrons. The highest BCUT2D eigenvalue weighted by atomic mass is 28.4. The maximum absolute atomic E-state index is 13.3. The minimum atomic E-state index is -4.55. The zero-order valence-corrected chi connectivity index (χ0v) is 18.2. The number of hydrogen-bond donors (Lipinski definition) is 1. The van der Waals surface area contributed by atoms with E-state index >= 15 is 0 Å². The third kappa shape index (κ3) is 6.61. The van der Waals surface area contributed by atoms with E-state index in [1.165, 1.54) is 6.07 Å². The number of para-hydroxylation sites is 1. The van der Waals surface area contributed by atoms with Gasteiger partial charge in [-0.15, -0.1) is 0 Å². The molecule has 0 saturated heterocycles. The Balaban J connectivity index is 2.21. The molecule has 0 unspecified atom stereocenters. The second-order valence-corrected chi connectivity index (χ2v) is 13.1. The van der Waals surface area contributed by atoms with E-state index in [9.17, 15) is 18.0 Å². The van der Waals surface area contributed by atoms with E-state index in [0.717, 1.165) is 12.1 Å². The fourth-order valence-electron chi connectivity index (χ4n) is 2.23. The van der Waals surface area contributed by atoms with E-state index < -0.39 is 26.2 Å². The number of alkyl halides is 3. The molecule has 8 heteroatoms. The van der Waals surface area contributed by atoms with Crippen LogP contribution in [0, 0.1) is 0 Å². The third-order valence-corrected chi connectivity index (χ3v) is 9.40. The maximum atomic E-state index is 13.3. The van der Waals surface area contributed by atoms with Gasteiger partial charge in [-0.2, -0.15) is 13.2 Å². The topological polar surface area (TPSA) is 47.6 Å². The van der Waals surface area contributed by atoms with Gasteiger partial charge in [0.05, 0.1) is 12.2 Å². The molecule has 0 atom stereocenters. The number of carbonyl (C=O) groups excluding carboxylic acids is 1. The Labute approximate surface area is 170 Å². The molecule has 2 aromatic carbocycles. The van der Waals surface area contributed by atoms with E-state index in [4.69, 9.17) is 9.16 Å². The predicted octanol–water partition coefficient (Wildman–Crippen LogP) is 6.84. The lowest BCUT2D eigenvalue weighted by Crippen LogP contribution is -2.40. The van der Waals surface area contributed by atoms with Gasteiger partial charge in [-0.25, -0.2) is 4.79 Å². The van der Waals surface area contributed by atoms with Crippen molar-refractivity contribution < 1.29 is 27.1 Å². The number of nitrogens with one attached hydrogen (secondary N) is 1. The van der Waals surface area contributed by atoms with E-state index in [0.29, 0.717) is 11.3 Å². The van der Waals surface area contributed by atoms with Crippen molar-refractivity contribution in [2.24, 2.45) is 0 Å². The second-order valence-electron chi connectivity index (χ2n) is 8.29. The zero-order chi connectivity index (χ0) is 21.9. The molecule has 29 heavy (non-hydrogen) atoms. The number of halogens is 3. The zero-order valence-electron chi connectivity index (χ0n) is 17.2. The standard InChI is InChI=1S/C21H26F3NO3Si/c1-20(2,3)29(4,5)27-14-15-11-16(21(22,23)24)13-17(12-15)25-19(26)28-18-9-7-6-8-10-18/h6-13H,14H2,1-5H3,(H,25,26). The van der Waals surface area contributed by atoms with Gasteiger partial charge in [0.25, 0.3) is 0 Å². The quantitative estimate of drug-likeness (QED) is 0.534. The van der Waals surface area contributed by atoms with Crippen LogP contribution in [0.3, 0.4) is 0 Å². The minimum absolute atomic E-state index is 0.00501. The molecule has 1 amide bonds. The van der Waals surface area contributed by atoms with Crippen LogP contribution in [0.4, 0.5) is 23.7 Å². The van der Waals surface area contributed by atoms with Gasteiger partial charge >= 0.3 is 12.3 Å². The Hall–Kier alpha value is -2.32. The lowest BCUT2D eigenvalue weighted by molar-refractivity contribution is -0.137. The SMILES string of the molecule is CC(C)(C)[Si](C)(C)OCc1cc(NC(=O)Oc2ccccc2)cc(C(F)(F)F)c1. The molecule has 0 bridgehead atoms. The van der Waals surface area contributed by atoms with Gasteiger partial charge in [-0.05, 0) is 54.0 Å². The summed E-state index contributed by atoms with van der Waals surface area (Å²) >= 11 is 0. The fourth-order valence-corrected chi connectivity index (χ4v) is 3.19. The average molecular weight is 426 g/mol. The van der Waals surface area contributed by atoms with E-state index in [-0.39, 0.29) is 17.3 Å². The van der Waals surface area contributed by atoms with Crippen molar-refractivity contribution in [3.63, 3.8) is 0 Å². The number of rotatable bonds is 5. The molecular weight excluding hydrogens is 399 g/mol. The number of benzene rings is 2. The lowest BCUT2D eigenvalue weighted by Gasteiger charge is -2.36. The van der Waals surface area contributed by atoms with Gasteiger partial charge in [0.15, 0.2) is 8.32 Å². The molecular formula is C21H26F3NO3Si. The summed E-state index contributed by atoms with van der Waals surface area (Å²) in [5.74, 6) is 0.290. The number of carbonyl (C=O) groups is 1. The maximum Gasteiger partial charge on any atom is 0.417 e. The third-order valence-electron chi connectivity index (χ3n) is 4.93. The molecule has 0 heterocycles. The molecule has 0 aliphatic rings.